The van der Waals surface area contributed by atoms with Gasteiger partial charge in [0.2, 0.25) is 5.76 Å². The summed E-state index contributed by atoms with van der Waals surface area (Å²) in [5.74, 6) is -2.51. The summed E-state index contributed by atoms with van der Waals surface area (Å²) in [6.45, 7) is 1.38. The van der Waals surface area contributed by atoms with E-state index >= 15 is 0 Å². The number of Topliss-reactive ketones (excluding diaryl/α,β-unsaturated/α-hetero) is 1. The van der Waals surface area contributed by atoms with Crippen molar-refractivity contribution >= 4 is 34.3 Å². The Hall–Kier alpha value is -3.48. The quantitative estimate of drug-likeness (QED) is 0.712. The van der Waals surface area contributed by atoms with Gasteiger partial charge in [-0.1, -0.05) is 12.1 Å². The van der Waals surface area contributed by atoms with Crippen molar-refractivity contribution in [1.82, 2.24) is 0 Å². The monoisotopic (exact) mass is 340 g/mol. The molecule has 0 bridgehead atoms. The van der Waals surface area contributed by atoms with Gasteiger partial charge in [0.15, 0.2) is 5.78 Å². The van der Waals surface area contributed by atoms with E-state index in [0.29, 0.717) is 5.56 Å². The molecule has 2 aromatic carbocycles. The summed E-state index contributed by atoms with van der Waals surface area (Å²) in [7, 11) is 0. The Labute approximate surface area is 141 Å². The molecule has 1 heterocycles. The van der Waals surface area contributed by atoms with E-state index in [1.54, 1.807) is 12.1 Å². The molecule has 0 aliphatic carbocycles. The van der Waals surface area contributed by atoms with Crippen LogP contribution in [0.25, 0.3) is 11.0 Å². The molecule has 1 aromatic heterocycles. The number of furan rings is 1. The maximum atomic E-state index is 13.5. The highest BCUT2D eigenvalue weighted by Gasteiger charge is 2.21. The molecule has 0 spiro atoms. The number of carbonyl (C=O) groups is 3. The molecule has 0 saturated heterocycles. The van der Waals surface area contributed by atoms with Gasteiger partial charge in [0.1, 0.15) is 17.1 Å². The number of amides is 2. The molecule has 2 amide bonds. The van der Waals surface area contributed by atoms with Gasteiger partial charge in [0, 0.05) is 16.5 Å². The molecule has 0 aliphatic rings. The van der Waals surface area contributed by atoms with E-state index in [4.69, 9.17) is 10.2 Å². The van der Waals surface area contributed by atoms with Crippen LogP contribution in [0.15, 0.2) is 46.9 Å². The van der Waals surface area contributed by atoms with Gasteiger partial charge in [-0.05, 0) is 37.3 Å². The third kappa shape index (κ3) is 3.12. The molecule has 126 valence electrons. The molecular formula is C18H13FN2O4. The molecule has 0 aliphatic heterocycles. The number of nitrogens with two attached hydrogens (primary N) is 1. The van der Waals surface area contributed by atoms with Gasteiger partial charge in [-0.25, -0.2) is 4.39 Å². The first kappa shape index (κ1) is 16.4. The molecule has 0 unspecified atom stereocenters. The van der Waals surface area contributed by atoms with Crippen LogP contribution in [-0.2, 0) is 0 Å². The lowest BCUT2D eigenvalue weighted by Crippen LogP contribution is -2.17. The molecule has 0 fully saturated rings. The Kier molecular flexibility index (Phi) is 4.06. The first-order valence-corrected chi connectivity index (χ1v) is 7.31. The Morgan fingerprint density at radius 1 is 1.08 bits per heavy atom. The van der Waals surface area contributed by atoms with Gasteiger partial charge in [-0.15, -0.1) is 0 Å². The lowest BCUT2D eigenvalue weighted by Gasteiger charge is -2.06. The Morgan fingerprint density at radius 2 is 1.80 bits per heavy atom. The van der Waals surface area contributed by atoms with Crippen LogP contribution in [0.2, 0.25) is 0 Å². The lowest BCUT2D eigenvalue weighted by molar-refractivity contribution is 0.0975. The molecule has 25 heavy (non-hydrogen) atoms. The first-order chi connectivity index (χ1) is 11.9. The molecule has 6 nitrogen and oxygen atoms in total. The van der Waals surface area contributed by atoms with E-state index in [2.05, 4.69) is 5.32 Å². The molecule has 3 aromatic rings. The zero-order chi connectivity index (χ0) is 18.1. The molecule has 0 radical (unpaired) electrons. The van der Waals surface area contributed by atoms with E-state index in [0.717, 1.165) is 6.07 Å². The number of fused-ring (bicyclic) bond motifs is 1. The minimum Gasteiger partial charge on any atom is -0.449 e. The summed E-state index contributed by atoms with van der Waals surface area (Å²) in [5, 5.41) is 2.73. The van der Waals surface area contributed by atoms with Gasteiger partial charge in [0.05, 0.1) is 0 Å². The zero-order valence-corrected chi connectivity index (χ0v) is 13.1. The van der Waals surface area contributed by atoms with Crippen molar-refractivity contribution in [2.45, 2.75) is 6.92 Å². The van der Waals surface area contributed by atoms with Crippen molar-refractivity contribution in [2.75, 3.05) is 5.32 Å². The number of halogens is 1. The largest absolute Gasteiger partial charge is 0.449 e. The van der Waals surface area contributed by atoms with Crippen LogP contribution in [0.4, 0.5) is 10.1 Å². The Bertz CT molecular complexity index is 1020. The Morgan fingerprint density at radius 3 is 2.48 bits per heavy atom. The summed E-state index contributed by atoms with van der Waals surface area (Å²) in [6.07, 6.45) is 0. The van der Waals surface area contributed by atoms with Crippen molar-refractivity contribution in [3.05, 3.63) is 65.2 Å². The van der Waals surface area contributed by atoms with Gasteiger partial charge >= 0.3 is 0 Å². The summed E-state index contributed by atoms with van der Waals surface area (Å²) in [4.78, 5) is 35.5. The fraction of sp³-hybridized carbons (Fsp3) is 0.0556. The van der Waals surface area contributed by atoms with E-state index < -0.39 is 17.6 Å². The number of carbonyl (C=O) groups excluding carboxylic acids is 3. The van der Waals surface area contributed by atoms with Crippen molar-refractivity contribution in [3.8, 4) is 0 Å². The van der Waals surface area contributed by atoms with Gasteiger partial charge in [-0.2, -0.15) is 0 Å². The predicted molar refractivity (Wildman–Crippen MR) is 89.1 cm³/mol. The topological polar surface area (TPSA) is 102 Å². The van der Waals surface area contributed by atoms with Crippen LogP contribution in [0.3, 0.4) is 0 Å². The summed E-state index contributed by atoms with van der Waals surface area (Å²) in [5.41, 5.74) is 6.04. The number of primary amides is 1. The van der Waals surface area contributed by atoms with Crippen LogP contribution >= 0.6 is 0 Å². The van der Waals surface area contributed by atoms with Gasteiger partial charge in [0.25, 0.3) is 11.8 Å². The number of nitrogens with one attached hydrogen (secondary N) is 1. The molecule has 3 N–H and O–H groups in total. The predicted octanol–water partition coefficient (Wildman–Crippen LogP) is 3.13. The minimum atomic E-state index is -0.899. The van der Waals surface area contributed by atoms with Gasteiger partial charge in [-0.3, -0.25) is 14.4 Å². The SMILES string of the molecule is CC(=O)c1cccc(C(=O)Nc2c(C(N)=O)oc3ccc(F)cc23)c1. The maximum Gasteiger partial charge on any atom is 0.286 e. The highest BCUT2D eigenvalue weighted by molar-refractivity contribution is 6.14. The number of anilines is 1. The summed E-state index contributed by atoms with van der Waals surface area (Å²) in [6, 6.07) is 9.71. The fourth-order valence-electron chi connectivity index (χ4n) is 2.43. The second-order valence-corrected chi connectivity index (χ2v) is 5.40. The minimum absolute atomic E-state index is 0.0137. The maximum absolute atomic E-state index is 13.5. The standard InChI is InChI=1S/C18H13FN2O4/c1-9(22)10-3-2-4-11(7-10)18(24)21-15-13-8-12(19)5-6-14(13)25-16(15)17(20)23/h2-8H,1H3,(H2,20,23)(H,21,24). The van der Waals surface area contributed by atoms with E-state index in [1.165, 1.54) is 31.2 Å². The van der Waals surface area contributed by atoms with Crippen molar-refractivity contribution in [2.24, 2.45) is 5.73 Å². The lowest BCUT2D eigenvalue weighted by atomic mass is 10.1. The highest BCUT2D eigenvalue weighted by Crippen LogP contribution is 2.31. The third-order valence-electron chi connectivity index (χ3n) is 3.64. The second kappa shape index (κ2) is 6.20. The first-order valence-electron chi connectivity index (χ1n) is 7.31. The van der Waals surface area contributed by atoms with E-state index in [9.17, 15) is 18.8 Å². The normalized spacial score (nSPS) is 10.6. The molecular weight excluding hydrogens is 327 g/mol. The van der Waals surface area contributed by atoms with Crippen LogP contribution in [0, 0.1) is 5.82 Å². The smallest absolute Gasteiger partial charge is 0.286 e. The van der Waals surface area contributed by atoms with Gasteiger partial charge < -0.3 is 15.5 Å². The van der Waals surface area contributed by atoms with Crippen molar-refractivity contribution in [3.63, 3.8) is 0 Å². The average Bonchev–Trinajstić information content (AvgIpc) is 2.93. The van der Waals surface area contributed by atoms with E-state index in [-0.39, 0.29) is 33.8 Å². The molecule has 3 rings (SSSR count). The average molecular weight is 340 g/mol. The van der Waals surface area contributed by atoms with E-state index in [1.807, 2.05) is 0 Å². The number of ketones is 1. The molecule has 0 saturated carbocycles. The van der Waals surface area contributed by atoms with Crippen molar-refractivity contribution < 1.29 is 23.2 Å². The molecule has 7 heteroatoms. The Balaban J connectivity index is 2.05. The number of hydrogen-bond acceptors (Lipinski definition) is 4. The fourth-order valence-corrected chi connectivity index (χ4v) is 2.43. The van der Waals surface area contributed by atoms with Crippen molar-refractivity contribution in [1.29, 1.82) is 0 Å². The summed E-state index contributed by atoms with van der Waals surface area (Å²) < 4.78 is 18.8. The third-order valence-corrected chi connectivity index (χ3v) is 3.64. The van der Waals surface area contributed by atoms with Crippen LogP contribution < -0.4 is 11.1 Å². The zero-order valence-electron chi connectivity index (χ0n) is 13.1. The number of hydrogen-bond donors (Lipinski definition) is 2. The highest BCUT2D eigenvalue weighted by atomic mass is 19.1. The number of rotatable bonds is 4. The van der Waals surface area contributed by atoms with Crippen LogP contribution in [-0.4, -0.2) is 17.6 Å². The summed E-state index contributed by atoms with van der Waals surface area (Å²) >= 11 is 0. The van der Waals surface area contributed by atoms with Crippen LogP contribution in [0.1, 0.15) is 38.2 Å². The second-order valence-electron chi connectivity index (χ2n) is 5.40. The molecule has 0 atom stereocenters. The number of benzene rings is 2. The van der Waals surface area contributed by atoms with Crippen LogP contribution in [0.5, 0.6) is 0 Å².